The van der Waals surface area contributed by atoms with Crippen molar-refractivity contribution in [2.45, 2.75) is 32.5 Å². The zero-order chi connectivity index (χ0) is 16.6. The molecule has 1 amide bonds. The number of rotatable bonds is 3. The fraction of sp³-hybridized carbons (Fsp3) is 0.467. The van der Waals surface area contributed by atoms with E-state index in [1.807, 2.05) is 0 Å². The SMILES string of the molecule is Cc1occc1C(=O)NC[C@H]1CCc2nc(C(F)(F)F)cn2C1. The first-order valence-corrected chi connectivity index (χ1v) is 7.30. The molecule has 0 saturated heterocycles. The van der Waals surface area contributed by atoms with E-state index in [0.29, 0.717) is 43.1 Å². The number of hydrogen-bond acceptors (Lipinski definition) is 3. The molecule has 1 N–H and O–H groups in total. The third-order valence-corrected chi connectivity index (χ3v) is 4.04. The van der Waals surface area contributed by atoms with Crippen molar-refractivity contribution >= 4 is 5.91 Å². The van der Waals surface area contributed by atoms with Gasteiger partial charge in [-0.3, -0.25) is 4.79 Å². The fourth-order valence-corrected chi connectivity index (χ4v) is 2.77. The quantitative estimate of drug-likeness (QED) is 0.943. The van der Waals surface area contributed by atoms with Gasteiger partial charge in [-0.1, -0.05) is 0 Å². The van der Waals surface area contributed by atoms with Crippen molar-refractivity contribution in [3.05, 3.63) is 41.4 Å². The number of nitrogens with one attached hydrogen (secondary N) is 1. The van der Waals surface area contributed by atoms with E-state index in [2.05, 4.69) is 10.3 Å². The van der Waals surface area contributed by atoms with Crippen molar-refractivity contribution in [1.82, 2.24) is 14.9 Å². The molecule has 1 aliphatic rings. The lowest BCUT2D eigenvalue weighted by Gasteiger charge is -2.23. The maximum Gasteiger partial charge on any atom is 0.434 e. The summed E-state index contributed by atoms with van der Waals surface area (Å²) in [5, 5.41) is 2.81. The van der Waals surface area contributed by atoms with E-state index in [0.717, 1.165) is 6.20 Å². The Bertz CT molecular complexity index is 718. The van der Waals surface area contributed by atoms with Gasteiger partial charge in [-0.25, -0.2) is 4.98 Å². The number of halogens is 3. The second-order valence-electron chi connectivity index (χ2n) is 5.70. The van der Waals surface area contributed by atoms with Crippen molar-refractivity contribution < 1.29 is 22.4 Å². The smallest absolute Gasteiger partial charge is 0.434 e. The zero-order valence-electron chi connectivity index (χ0n) is 12.5. The molecule has 0 bridgehead atoms. The van der Waals surface area contributed by atoms with Gasteiger partial charge in [0, 0.05) is 25.7 Å². The molecule has 2 aromatic rings. The molecule has 0 aromatic carbocycles. The van der Waals surface area contributed by atoms with Gasteiger partial charge in [-0.2, -0.15) is 13.2 Å². The van der Waals surface area contributed by atoms with Crippen LogP contribution in [0.15, 0.2) is 22.9 Å². The van der Waals surface area contributed by atoms with Crippen LogP contribution in [0, 0.1) is 12.8 Å². The molecule has 3 rings (SSSR count). The monoisotopic (exact) mass is 327 g/mol. The highest BCUT2D eigenvalue weighted by atomic mass is 19.4. The van der Waals surface area contributed by atoms with Crippen molar-refractivity contribution in [1.29, 1.82) is 0 Å². The summed E-state index contributed by atoms with van der Waals surface area (Å²) < 4.78 is 44.6. The van der Waals surface area contributed by atoms with Crippen molar-refractivity contribution in [2.75, 3.05) is 6.54 Å². The number of aryl methyl sites for hydroxylation is 2. The Morgan fingerprint density at radius 3 is 2.96 bits per heavy atom. The highest BCUT2D eigenvalue weighted by molar-refractivity contribution is 5.95. The number of aromatic nitrogens is 2. The first kappa shape index (κ1) is 15.6. The van der Waals surface area contributed by atoms with Gasteiger partial charge in [0.15, 0.2) is 5.69 Å². The van der Waals surface area contributed by atoms with Crippen LogP contribution >= 0.6 is 0 Å². The lowest BCUT2D eigenvalue weighted by atomic mass is 9.99. The average Bonchev–Trinajstić information content (AvgIpc) is 3.09. The highest BCUT2D eigenvalue weighted by Crippen LogP contribution is 2.30. The van der Waals surface area contributed by atoms with E-state index in [-0.39, 0.29) is 11.8 Å². The summed E-state index contributed by atoms with van der Waals surface area (Å²) in [6.45, 7) is 2.53. The van der Waals surface area contributed by atoms with E-state index in [4.69, 9.17) is 4.42 Å². The van der Waals surface area contributed by atoms with E-state index in [9.17, 15) is 18.0 Å². The lowest BCUT2D eigenvalue weighted by molar-refractivity contribution is -0.141. The molecule has 0 aliphatic carbocycles. The Hall–Kier alpha value is -2.25. The Morgan fingerprint density at radius 1 is 1.52 bits per heavy atom. The number of carbonyl (C=O) groups is 1. The molecule has 1 atom stereocenters. The fourth-order valence-electron chi connectivity index (χ4n) is 2.77. The number of carbonyl (C=O) groups excluding carboxylic acids is 1. The maximum atomic E-state index is 12.7. The summed E-state index contributed by atoms with van der Waals surface area (Å²) in [7, 11) is 0. The van der Waals surface area contributed by atoms with E-state index < -0.39 is 11.9 Å². The average molecular weight is 327 g/mol. The number of alkyl halides is 3. The van der Waals surface area contributed by atoms with Crippen LogP contribution in [-0.4, -0.2) is 22.0 Å². The topological polar surface area (TPSA) is 60.1 Å². The molecular formula is C15H16F3N3O2. The van der Waals surface area contributed by atoms with E-state index >= 15 is 0 Å². The molecule has 8 heteroatoms. The third kappa shape index (κ3) is 3.25. The van der Waals surface area contributed by atoms with Crippen LogP contribution in [-0.2, 0) is 19.1 Å². The zero-order valence-corrected chi connectivity index (χ0v) is 12.5. The minimum absolute atomic E-state index is 0.0777. The Morgan fingerprint density at radius 2 is 2.30 bits per heavy atom. The largest absolute Gasteiger partial charge is 0.469 e. The summed E-state index contributed by atoms with van der Waals surface area (Å²) in [6.07, 6.45) is -0.766. The maximum absolute atomic E-state index is 12.7. The van der Waals surface area contributed by atoms with Crippen LogP contribution in [0.1, 0.15) is 34.1 Å². The first-order chi connectivity index (χ1) is 10.8. The van der Waals surface area contributed by atoms with Gasteiger partial charge in [0.05, 0.1) is 11.8 Å². The molecule has 0 radical (unpaired) electrons. The van der Waals surface area contributed by atoms with Crippen LogP contribution in [0.2, 0.25) is 0 Å². The van der Waals surface area contributed by atoms with Crippen LogP contribution in [0.25, 0.3) is 0 Å². The Kier molecular flexibility index (Phi) is 3.91. The summed E-state index contributed by atoms with van der Waals surface area (Å²) >= 11 is 0. The van der Waals surface area contributed by atoms with Crippen LogP contribution < -0.4 is 5.32 Å². The van der Waals surface area contributed by atoms with Gasteiger partial charge < -0.3 is 14.3 Å². The third-order valence-electron chi connectivity index (χ3n) is 4.04. The Labute approximate surface area is 130 Å². The van der Waals surface area contributed by atoms with Crippen LogP contribution in [0.5, 0.6) is 0 Å². The molecule has 0 saturated carbocycles. The van der Waals surface area contributed by atoms with Crippen LogP contribution in [0.4, 0.5) is 13.2 Å². The minimum atomic E-state index is -4.42. The lowest BCUT2D eigenvalue weighted by Crippen LogP contribution is -2.33. The highest BCUT2D eigenvalue weighted by Gasteiger charge is 2.35. The Balaban J connectivity index is 1.61. The summed E-state index contributed by atoms with van der Waals surface area (Å²) in [4.78, 5) is 15.7. The van der Waals surface area contributed by atoms with Gasteiger partial charge in [0.2, 0.25) is 0 Å². The van der Waals surface area contributed by atoms with Gasteiger partial charge in [0.1, 0.15) is 11.6 Å². The van der Waals surface area contributed by atoms with Gasteiger partial charge in [-0.05, 0) is 25.3 Å². The second kappa shape index (κ2) is 5.75. The summed E-state index contributed by atoms with van der Waals surface area (Å²) in [6, 6.07) is 1.59. The predicted octanol–water partition coefficient (Wildman–Crippen LogP) is 2.80. The number of imidazole rings is 1. The summed E-state index contributed by atoms with van der Waals surface area (Å²) in [5.74, 6) is 0.834. The molecule has 0 spiro atoms. The summed E-state index contributed by atoms with van der Waals surface area (Å²) in [5.41, 5.74) is -0.380. The molecule has 0 fully saturated rings. The standard InChI is InChI=1S/C15H16F3N3O2/c1-9-11(4-5-23-9)14(22)19-6-10-2-3-13-20-12(15(16,17)18)8-21(13)7-10/h4-5,8,10H,2-3,6-7H2,1H3,(H,19,22)/t10-/m1/s1. The normalized spacial score (nSPS) is 17.8. The number of amides is 1. The van der Waals surface area contributed by atoms with Gasteiger partial charge in [-0.15, -0.1) is 0 Å². The van der Waals surface area contributed by atoms with Crippen molar-refractivity contribution in [3.8, 4) is 0 Å². The number of hydrogen-bond donors (Lipinski definition) is 1. The molecule has 2 aromatic heterocycles. The number of fused-ring (bicyclic) bond motifs is 1. The first-order valence-electron chi connectivity index (χ1n) is 7.30. The van der Waals surface area contributed by atoms with Crippen LogP contribution in [0.3, 0.4) is 0 Å². The van der Waals surface area contributed by atoms with E-state index in [1.54, 1.807) is 13.0 Å². The molecule has 3 heterocycles. The molecule has 23 heavy (non-hydrogen) atoms. The van der Waals surface area contributed by atoms with Crippen molar-refractivity contribution in [2.24, 2.45) is 5.92 Å². The van der Waals surface area contributed by atoms with Gasteiger partial charge >= 0.3 is 6.18 Å². The number of nitrogens with zero attached hydrogens (tertiary/aromatic N) is 2. The predicted molar refractivity (Wildman–Crippen MR) is 74.8 cm³/mol. The van der Waals surface area contributed by atoms with Crippen molar-refractivity contribution in [3.63, 3.8) is 0 Å². The molecule has 0 unspecified atom stereocenters. The number of furan rings is 1. The van der Waals surface area contributed by atoms with Gasteiger partial charge in [0.25, 0.3) is 5.91 Å². The second-order valence-corrected chi connectivity index (χ2v) is 5.70. The van der Waals surface area contributed by atoms with E-state index in [1.165, 1.54) is 10.8 Å². The molecule has 5 nitrogen and oxygen atoms in total. The minimum Gasteiger partial charge on any atom is -0.469 e. The molecular weight excluding hydrogens is 311 g/mol. The molecule has 1 aliphatic heterocycles. The molecule has 124 valence electrons.